The average Bonchev–Trinajstić information content (AvgIpc) is 2.91. The molecule has 0 N–H and O–H groups in total. The van der Waals surface area contributed by atoms with Gasteiger partial charge in [0.1, 0.15) is 6.04 Å². The molecule has 0 spiro atoms. The smallest absolute Gasteiger partial charge is 0.262 e. The van der Waals surface area contributed by atoms with E-state index in [1.807, 2.05) is 58.0 Å². The molecule has 0 bridgehead atoms. The number of rotatable bonds is 6. The highest BCUT2D eigenvalue weighted by Crippen LogP contribution is 2.27. The Morgan fingerprint density at radius 2 is 1.29 bits per heavy atom. The summed E-state index contributed by atoms with van der Waals surface area (Å²) in [4.78, 5) is 42.5. The van der Waals surface area contributed by atoms with Crippen molar-refractivity contribution >= 4 is 17.7 Å². The highest BCUT2D eigenvalue weighted by Gasteiger charge is 2.44. The van der Waals surface area contributed by atoms with Crippen LogP contribution in [0.1, 0.15) is 54.0 Å². The van der Waals surface area contributed by atoms with Crippen molar-refractivity contribution in [2.45, 2.75) is 52.2 Å². The molecule has 2 aromatic rings. The summed E-state index contributed by atoms with van der Waals surface area (Å²) in [6, 6.07) is 15.3. The van der Waals surface area contributed by atoms with Crippen LogP contribution < -0.4 is 0 Å². The second-order valence-electron chi connectivity index (χ2n) is 7.66. The first-order valence-corrected chi connectivity index (χ1v) is 9.66. The lowest BCUT2D eigenvalue weighted by atomic mass is 10.0. The van der Waals surface area contributed by atoms with Gasteiger partial charge in [-0.05, 0) is 45.4 Å². The predicted molar refractivity (Wildman–Crippen MR) is 108 cm³/mol. The van der Waals surface area contributed by atoms with Crippen LogP contribution in [0.4, 0.5) is 0 Å². The Morgan fingerprint density at radius 3 is 1.75 bits per heavy atom. The minimum absolute atomic E-state index is 0.0408. The van der Waals surface area contributed by atoms with Gasteiger partial charge in [0.05, 0.1) is 11.1 Å². The molecule has 5 nitrogen and oxygen atoms in total. The van der Waals surface area contributed by atoms with Crippen molar-refractivity contribution in [2.24, 2.45) is 0 Å². The Balaban J connectivity index is 2.03. The fourth-order valence-electron chi connectivity index (χ4n) is 3.89. The summed E-state index contributed by atoms with van der Waals surface area (Å²) in [5.41, 5.74) is 1.63. The summed E-state index contributed by atoms with van der Waals surface area (Å²) in [7, 11) is 0. The first-order valence-electron chi connectivity index (χ1n) is 9.66. The van der Waals surface area contributed by atoms with Crippen molar-refractivity contribution in [2.75, 3.05) is 0 Å². The van der Waals surface area contributed by atoms with Gasteiger partial charge in [0.25, 0.3) is 11.8 Å². The molecule has 0 radical (unpaired) electrons. The maximum Gasteiger partial charge on any atom is 0.262 e. The zero-order valence-corrected chi connectivity index (χ0v) is 16.8. The van der Waals surface area contributed by atoms with Gasteiger partial charge in [-0.3, -0.25) is 19.3 Å². The van der Waals surface area contributed by atoms with Crippen molar-refractivity contribution in [3.05, 3.63) is 71.3 Å². The highest BCUT2D eigenvalue weighted by atomic mass is 16.2. The van der Waals surface area contributed by atoms with Gasteiger partial charge in [-0.1, -0.05) is 42.5 Å². The van der Waals surface area contributed by atoms with E-state index in [2.05, 4.69) is 0 Å². The third-order valence-corrected chi connectivity index (χ3v) is 5.06. The molecule has 1 aliphatic heterocycles. The fraction of sp³-hybridized carbons (Fsp3) is 0.348. The van der Waals surface area contributed by atoms with Crippen LogP contribution >= 0.6 is 0 Å². The van der Waals surface area contributed by atoms with Crippen LogP contribution in [-0.4, -0.2) is 45.6 Å². The van der Waals surface area contributed by atoms with Gasteiger partial charge in [0, 0.05) is 18.5 Å². The topological polar surface area (TPSA) is 57.7 Å². The van der Waals surface area contributed by atoms with Crippen molar-refractivity contribution in [1.29, 1.82) is 0 Å². The molecular weight excluding hydrogens is 352 g/mol. The highest BCUT2D eigenvalue weighted by molar-refractivity contribution is 6.22. The van der Waals surface area contributed by atoms with Crippen LogP contribution in [0.25, 0.3) is 0 Å². The van der Waals surface area contributed by atoms with E-state index >= 15 is 0 Å². The second-order valence-corrected chi connectivity index (χ2v) is 7.66. The molecule has 0 aliphatic carbocycles. The van der Waals surface area contributed by atoms with Gasteiger partial charge in [0.2, 0.25) is 5.91 Å². The summed E-state index contributed by atoms with van der Waals surface area (Å²) in [5, 5.41) is 0. The molecule has 5 heteroatoms. The van der Waals surface area contributed by atoms with Gasteiger partial charge >= 0.3 is 0 Å². The summed E-state index contributed by atoms with van der Waals surface area (Å²) < 4.78 is 0. The first-order chi connectivity index (χ1) is 13.3. The fourth-order valence-corrected chi connectivity index (χ4v) is 3.89. The van der Waals surface area contributed by atoms with Crippen LogP contribution in [-0.2, 0) is 11.2 Å². The van der Waals surface area contributed by atoms with E-state index in [4.69, 9.17) is 0 Å². The monoisotopic (exact) mass is 378 g/mol. The number of nitrogens with zero attached hydrogens (tertiary/aromatic N) is 2. The number of fused-ring (bicyclic) bond motifs is 1. The molecular formula is C23H26N2O3. The Bertz CT molecular complexity index is 847. The minimum Gasteiger partial charge on any atom is -0.336 e. The summed E-state index contributed by atoms with van der Waals surface area (Å²) in [6.45, 7) is 7.78. The van der Waals surface area contributed by atoms with E-state index in [-0.39, 0.29) is 18.0 Å². The lowest BCUT2D eigenvalue weighted by Crippen LogP contribution is -2.55. The number of benzene rings is 2. The predicted octanol–water partition coefficient (Wildman–Crippen LogP) is 3.54. The SMILES string of the molecule is CC(C)N(C(=O)C(Cc1ccccc1)N1C(=O)c2ccccc2C1=O)C(C)C. The third kappa shape index (κ3) is 3.57. The molecule has 2 aromatic carbocycles. The van der Waals surface area contributed by atoms with Gasteiger partial charge in [-0.25, -0.2) is 0 Å². The number of imide groups is 1. The van der Waals surface area contributed by atoms with E-state index in [0.29, 0.717) is 17.5 Å². The third-order valence-electron chi connectivity index (χ3n) is 5.06. The molecule has 1 aliphatic rings. The Kier molecular flexibility index (Phi) is 5.63. The van der Waals surface area contributed by atoms with Crippen molar-refractivity contribution in [1.82, 2.24) is 9.80 Å². The van der Waals surface area contributed by atoms with E-state index in [0.717, 1.165) is 10.5 Å². The van der Waals surface area contributed by atoms with E-state index < -0.39 is 17.9 Å². The summed E-state index contributed by atoms with van der Waals surface area (Å²) in [5.74, 6) is -1.01. The lowest BCUT2D eigenvalue weighted by Gasteiger charge is -2.36. The minimum atomic E-state index is -0.875. The standard InChI is InChI=1S/C23H26N2O3/c1-15(2)24(16(3)4)23(28)20(14-17-10-6-5-7-11-17)25-21(26)18-12-8-9-13-19(18)22(25)27/h5-13,15-16,20H,14H2,1-4H3. The van der Waals surface area contributed by atoms with Gasteiger partial charge in [0.15, 0.2) is 0 Å². The summed E-state index contributed by atoms with van der Waals surface area (Å²) >= 11 is 0. The van der Waals surface area contributed by atoms with E-state index in [1.165, 1.54) is 0 Å². The number of hydrogen-bond donors (Lipinski definition) is 0. The number of carbonyl (C=O) groups excluding carboxylic acids is 3. The van der Waals surface area contributed by atoms with Crippen LogP contribution in [0.3, 0.4) is 0 Å². The zero-order valence-electron chi connectivity index (χ0n) is 16.8. The largest absolute Gasteiger partial charge is 0.336 e. The quantitative estimate of drug-likeness (QED) is 0.723. The molecule has 146 valence electrons. The molecule has 1 heterocycles. The van der Waals surface area contributed by atoms with Crippen LogP contribution in [0.15, 0.2) is 54.6 Å². The maximum atomic E-state index is 13.5. The Morgan fingerprint density at radius 1 is 0.821 bits per heavy atom. The van der Waals surface area contributed by atoms with Crippen LogP contribution in [0.5, 0.6) is 0 Å². The van der Waals surface area contributed by atoms with Crippen molar-refractivity contribution in [3.63, 3.8) is 0 Å². The van der Waals surface area contributed by atoms with Crippen LogP contribution in [0, 0.1) is 0 Å². The van der Waals surface area contributed by atoms with Crippen molar-refractivity contribution < 1.29 is 14.4 Å². The molecule has 0 saturated carbocycles. The Labute approximate surface area is 166 Å². The molecule has 0 saturated heterocycles. The maximum absolute atomic E-state index is 13.5. The molecule has 3 amide bonds. The van der Waals surface area contributed by atoms with Gasteiger partial charge in [-0.2, -0.15) is 0 Å². The number of hydrogen-bond acceptors (Lipinski definition) is 3. The average molecular weight is 378 g/mol. The molecule has 0 fully saturated rings. The molecule has 1 atom stereocenters. The van der Waals surface area contributed by atoms with Gasteiger partial charge < -0.3 is 4.90 Å². The van der Waals surface area contributed by atoms with E-state index in [9.17, 15) is 14.4 Å². The van der Waals surface area contributed by atoms with E-state index in [1.54, 1.807) is 29.2 Å². The zero-order chi connectivity index (χ0) is 20.4. The van der Waals surface area contributed by atoms with Crippen molar-refractivity contribution in [3.8, 4) is 0 Å². The van der Waals surface area contributed by atoms with Crippen LogP contribution in [0.2, 0.25) is 0 Å². The lowest BCUT2D eigenvalue weighted by molar-refractivity contribution is -0.139. The van der Waals surface area contributed by atoms with Gasteiger partial charge in [-0.15, -0.1) is 0 Å². The molecule has 28 heavy (non-hydrogen) atoms. The molecule has 1 unspecified atom stereocenters. The first kappa shape index (κ1) is 19.8. The second kappa shape index (κ2) is 7.97. The molecule has 0 aromatic heterocycles. The summed E-state index contributed by atoms with van der Waals surface area (Å²) in [6.07, 6.45) is 0.293. The number of amides is 3. The molecule has 3 rings (SSSR count). The normalized spacial score (nSPS) is 14.6. The number of carbonyl (C=O) groups is 3. The Hall–Kier alpha value is -2.95.